The van der Waals surface area contributed by atoms with Crippen LogP contribution < -0.4 is 5.32 Å². The number of morpholine rings is 1. The van der Waals surface area contributed by atoms with Crippen LogP contribution in [0.1, 0.15) is 6.42 Å². The molecule has 2 aliphatic rings. The minimum absolute atomic E-state index is 0.226. The Morgan fingerprint density at radius 3 is 2.60 bits per heavy atom. The standard InChI is InChI=1S/C9H14F2N2O2/c10-9(11)5-7(12-6-9)8(14)13-1-3-15-4-2-13/h7,12H,1-6H2. The summed E-state index contributed by atoms with van der Waals surface area (Å²) < 4.78 is 30.8. The Labute approximate surface area is 86.6 Å². The molecule has 6 heteroatoms. The van der Waals surface area contributed by atoms with Crippen molar-refractivity contribution in [3.8, 4) is 0 Å². The molecule has 1 atom stereocenters. The normalized spacial score (nSPS) is 30.5. The third kappa shape index (κ3) is 2.43. The summed E-state index contributed by atoms with van der Waals surface area (Å²) >= 11 is 0. The average Bonchev–Trinajstić information content (AvgIpc) is 2.59. The zero-order valence-electron chi connectivity index (χ0n) is 8.34. The predicted molar refractivity (Wildman–Crippen MR) is 48.8 cm³/mol. The molecule has 2 aliphatic heterocycles. The number of nitrogens with zero attached hydrogens (tertiary/aromatic N) is 1. The molecule has 4 nitrogen and oxygen atoms in total. The van der Waals surface area contributed by atoms with E-state index in [-0.39, 0.29) is 12.3 Å². The Morgan fingerprint density at radius 1 is 1.40 bits per heavy atom. The molecular weight excluding hydrogens is 206 g/mol. The summed E-state index contributed by atoms with van der Waals surface area (Å²) in [5, 5.41) is 2.56. The summed E-state index contributed by atoms with van der Waals surface area (Å²) in [6.45, 7) is 1.60. The lowest BCUT2D eigenvalue weighted by molar-refractivity contribution is -0.137. The second-order valence-electron chi connectivity index (χ2n) is 3.93. The summed E-state index contributed by atoms with van der Waals surface area (Å²) in [6, 6.07) is -0.724. The number of halogens is 2. The van der Waals surface area contributed by atoms with Crippen molar-refractivity contribution in [2.24, 2.45) is 0 Å². The lowest BCUT2D eigenvalue weighted by atomic mass is 10.1. The quantitative estimate of drug-likeness (QED) is 0.667. The molecule has 0 aliphatic carbocycles. The minimum atomic E-state index is -2.74. The fourth-order valence-corrected chi connectivity index (χ4v) is 1.89. The molecule has 0 aromatic carbocycles. The van der Waals surface area contributed by atoms with Crippen LogP contribution in [-0.2, 0) is 9.53 Å². The molecule has 0 saturated carbocycles. The Hall–Kier alpha value is -0.750. The summed E-state index contributed by atoms with van der Waals surface area (Å²) in [4.78, 5) is 13.3. The molecule has 1 N–H and O–H groups in total. The molecule has 86 valence electrons. The van der Waals surface area contributed by atoms with Gasteiger partial charge in [-0.1, -0.05) is 0 Å². The van der Waals surface area contributed by atoms with Gasteiger partial charge in [0.05, 0.1) is 25.8 Å². The number of carbonyl (C=O) groups excluding carboxylic acids is 1. The Kier molecular flexibility index (Phi) is 2.88. The lowest BCUT2D eigenvalue weighted by Crippen LogP contribution is -2.48. The zero-order valence-corrected chi connectivity index (χ0v) is 8.34. The smallest absolute Gasteiger partial charge is 0.262 e. The summed E-state index contributed by atoms with van der Waals surface area (Å²) in [6.07, 6.45) is -0.386. The molecule has 0 aromatic rings. The van der Waals surface area contributed by atoms with Gasteiger partial charge in [-0.25, -0.2) is 8.78 Å². The maximum Gasteiger partial charge on any atom is 0.262 e. The van der Waals surface area contributed by atoms with Crippen molar-refractivity contribution in [1.82, 2.24) is 10.2 Å². The first-order valence-electron chi connectivity index (χ1n) is 5.06. The number of carbonyl (C=O) groups is 1. The van der Waals surface area contributed by atoms with Crippen LogP contribution >= 0.6 is 0 Å². The van der Waals surface area contributed by atoms with E-state index >= 15 is 0 Å². The van der Waals surface area contributed by atoms with Gasteiger partial charge in [0.25, 0.3) is 5.92 Å². The Morgan fingerprint density at radius 2 is 2.07 bits per heavy atom. The highest BCUT2D eigenvalue weighted by atomic mass is 19.3. The maximum absolute atomic E-state index is 12.9. The molecule has 15 heavy (non-hydrogen) atoms. The molecule has 0 bridgehead atoms. The van der Waals surface area contributed by atoms with Gasteiger partial charge >= 0.3 is 0 Å². The van der Waals surface area contributed by atoms with Crippen LogP contribution in [0.3, 0.4) is 0 Å². The van der Waals surface area contributed by atoms with E-state index in [1.54, 1.807) is 4.90 Å². The van der Waals surface area contributed by atoms with Gasteiger partial charge < -0.3 is 9.64 Å². The molecule has 2 heterocycles. The lowest BCUT2D eigenvalue weighted by Gasteiger charge is -2.29. The van der Waals surface area contributed by atoms with Crippen LogP contribution in [0.25, 0.3) is 0 Å². The van der Waals surface area contributed by atoms with Crippen LogP contribution in [0.2, 0.25) is 0 Å². The number of nitrogens with one attached hydrogen (secondary N) is 1. The van der Waals surface area contributed by atoms with Crippen molar-refractivity contribution >= 4 is 5.91 Å². The molecular formula is C9H14F2N2O2. The van der Waals surface area contributed by atoms with Crippen molar-refractivity contribution in [3.63, 3.8) is 0 Å². The molecule has 2 fully saturated rings. The molecule has 0 spiro atoms. The number of hydrogen-bond acceptors (Lipinski definition) is 3. The predicted octanol–water partition coefficient (Wildman–Crippen LogP) is -0.158. The van der Waals surface area contributed by atoms with Crippen molar-refractivity contribution in [2.75, 3.05) is 32.8 Å². The van der Waals surface area contributed by atoms with E-state index in [0.717, 1.165) is 0 Å². The number of alkyl halides is 2. The Balaban J connectivity index is 1.90. The SMILES string of the molecule is O=C(C1CC(F)(F)CN1)N1CCOCC1. The van der Waals surface area contributed by atoms with Crippen molar-refractivity contribution < 1.29 is 18.3 Å². The summed E-state index contributed by atoms with van der Waals surface area (Å²) in [7, 11) is 0. The van der Waals surface area contributed by atoms with Crippen LogP contribution in [-0.4, -0.2) is 55.6 Å². The molecule has 0 radical (unpaired) electrons. The van der Waals surface area contributed by atoms with Crippen molar-refractivity contribution in [3.05, 3.63) is 0 Å². The number of ether oxygens (including phenoxy) is 1. The molecule has 1 unspecified atom stereocenters. The fraction of sp³-hybridized carbons (Fsp3) is 0.889. The third-order valence-electron chi connectivity index (χ3n) is 2.73. The van der Waals surface area contributed by atoms with E-state index in [1.807, 2.05) is 0 Å². The van der Waals surface area contributed by atoms with Crippen molar-refractivity contribution in [1.29, 1.82) is 0 Å². The van der Waals surface area contributed by atoms with Gasteiger partial charge in [-0.15, -0.1) is 0 Å². The molecule has 2 saturated heterocycles. The highest BCUT2D eigenvalue weighted by Gasteiger charge is 2.43. The number of amides is 1. The van der Waals surface area contributed by atoms with Gasteiger partial charge in [0.1, 0.15) is 0 Å². The monoisotopic (exact) mass is 220 g/mol. The number of hydrogen-bond donors (Lipinski definition) is 1. The molecule has 1 amide bonds. The van der Waals surface area contributed by atoms with Gasteiger partial charge in [0.15, 0.2) is 0 Å². The van der Waals surface area contributed by atoms with Gasteiger partial charge in [-0.3, -0.25) is 10.1 Å². The van der Waals surface area contributed by atoms with E-state index in [0.29, 0.717) is 26.3 Å². The van der Waals surface area contributed by atoms with E-state index in [2.05, 4.69) is 5.32 Å². The molecule has 2 rings (SSSR count). The van der Waals surface area contributed by atoms with E-state index < -0.39 is 18.5 Å². The van der Waals surface area contributed by atoms with Gasteiger partial charge in [0.2, 0.25) is 5.91 Å². The van der Waals surface area contributed by atoms with Crippen LogP contribution in [0.5, 0.6) is 0 Å². The summed E-state index contributed by atoms with van der Waals surface area (Å²) in [5.74, 6) is -2.97. The third-order valence-corrected chi connectivity index (χ3v) is 2.73. The highest BCUT2D eigenvalue weighted by Crippen LogP contribution is 2.26. The molecule has 0 aromatic heterocycles. The first kappa shape index (κ1) is 10.8. The van der Waals surface area contributed by atoms with Gasteiger partial charge in [-0.05, 0) is 0 Å². The average molecular weight is 220 g/mol. The van der Waals surface area contributed by atoms with Crippen LogP contribution in [0, 0.1) is 0 Å². The van der Waals surface area contributed by atoms with Crippen LogP contribution in [0.15, 0.2) is 0 Å². The van der Waals surface area contributed by atoms with Gasteiger partial charge in [-0.2, -0.15) is 0 Å². The first-order chi connectivity index (χ1) is 7.08. The first-order valence-corrected chi connectivity index (χ1v) is 5.06. The topological polar surface area (TPSA) is 41.6 Å². The highest BCUT2D eigenvalue weighted by molar-refractivity contribution is 5.82. The second kappa shape index (κ2) is 4.02. The fourth-order valence-electron chi connectivity index (χ4n) is 1.89. The number of rotatable bonds is 1. The van der Waals surface area contributed by atoms with Crippen LogP contribution in [0.4, 0.5) is 8.78 Å². The van der Waals surface area contributed by atoms with E-state index in [1.165, 1.54) is 0 Å². The summed E-state index contributed by atoms with van der Waals surface area (Å²) in [5.41, 5.74) is 0. The van der Waals surface area contributed by atoms with Crippen molar-refractivity contribution in [2.45, 2.75) is 18.4 Å². The van der Waals surface area contributed by atoms with Gasteiger partial charge in [0, 0.05) is 19.5 Å². The van der Waals surface area contributed by atoms with E-state index in [9.17, 15) is 13.6 Å². The van der Waals surface area contributed by atoms with E-state index in [4.69, 9.17) is 4.74 Å². The largest absolute Gasteiger partial charge is 0.378 e. The minimum Gasteiger partial charge on any atom is -0.378 e. The zero-order chi connectivity index (χ0) is 10.9. The Bertz CT molecular complexity index is 254. The maximum atomic E-state index is 12.9. The second-order valence-corrected chi connectivity index (χ2v) is 3.93.